The van der Waals surface area contributed by atoms with E-state index in [0.29, 0.717) is 17.4 Å². The Kier molecular flexibility index (Phi) is 3.09. The van der Waals surface area contributed by atoms with Gasteiger partial charge < -0.3 is 4.74 Å². The van der Waals surface area contributed by atoms with Crippen molar-refractivity contribution >= 4 is 15.9 Å². The Labute approximate surface area is 101 Å². The second kappa shape index (κ2) is 4.52. The van der Waals surface area contributed by atoms with Crippen LogP contribution in [0.1, 0.15) is 5.82 Å². The van der Waals surface area contributed by atoms with Crippen LogP contribution in [0, 0.1) is 6.92 Å². The summed E-state index contributed by atoms with van der Waals surface area (Å²) in [6.07, 6.45) is 0. The Morgan fingerprint density at radius 3 is 2.44 bits per heavy atom. The van der Waals surface area contributed by atoms with Crippen molar-refractivity contribution in [3.63, 3.8) is 0 Å². The number of hydrogen-bond donors (Lipinski definition) is 0. The highest BCUT2D eigenvalue weighted by molar-refractivity contribution is 9.10. The molecule has 1 aromatic heterocycles. The molecule has 0 atom stereocenters. The lowest BCUT2D eigenvalue weighted by Gasteiger charge is -2.07. The molecule has 2 aromatic rings. The predicted molar refractivity (Wildman–Crippen MR) is 62.0 cm³/mol. The molecular weight excluding hydrogens is 272 g/mol. The fourth-order valence-corrected chi connectivity index (χ4v) is 1.81. The molecular formula is C10H9BrN4O. The molecule has 16 heavy (non-hydrogen) atoms. The van der Waals surface area contributed by atoms with E-state index in [4.69, 9.17) is 4.74 Å². The second-order valence-corrected chi connectivity index (χ2v) is 3.95. The molecule has 82 valence electrons. The second-order valence-electron chi connectivity index (χ2n) is 3.09. The average Bonchev–Trinajstić information content (AvgIpc) is 2.30. The highest BCUT2D eigenvalue weighted by Crippen LogP contribution is 2.33. The Hall–Kier alpha value is -1.56. The maximum atomic E-state index is 5.28. The van der Waals surface area contributed by atoms with Crippen LogP contribution in [0.5, 0.6) is 5.75 Å². The van der Waals surface area contributed by atoms with Gasteiger partial charge in [-0.3, -0.25) is 0 Å². The standard InChI is InChI=1S/C10H9BrN4O/c1-6-12-14-10(15-13-6)7-4-3-5-8(11)9(7)16-2/h3-5H,1-2H3. The Balaban J connectivity index is 2.55. The first-order valence-electron chi connectivity index (χ1n) is 4.59. The van der Waals surface area contributed by atoms with E-state index < -0.39 is 0 Å². The number of ether oxygens (including phenoxy) is 1. The maximum Gasteiger partial charge on any atom is 0.207 e. The highest BCUT2D eigenvalue weighted by atomic mass is 79.9. The molecule has 0 aliphatic heterocycles. The van der Waals surface area contributed by atoms with E-state index in [2.05, 4.69) is 36.3 Å². The molecule has 1 aromatic carbocycles. The molecule has 2 rings (SSSR count). The molecule has 0 aliphatic carbocycles. The monoisotopic (exact) mass is 280 g/mol. The van der Waals surface area contributed by atoms with Crippen LogP contribution in [0.25, 0.3) is 11.4 Å². The summed E-state index contributed by atoms with van der Waals surface area (Å²) in [5, 5.41) is 15.7. The van der Waals surface area contributed by atoms with Gasteiger partial charge in [-0.15, -0.1) is 20.4 Å². The van der Waals surface area contributed by atoms with Crippen LogP contribution in [-0.4, -0.2) is 27.5 Å². The minimum absolute atomic E-state index is 0.448. The summed E-state index contributed by atoms with van der Waals surface area (Å²) < 4.78 is 6.12. The summed E-state index contributed by atoms with van der Waals surface area (Å²) in [6.45, 7) is 1.74. The summed E-state index contributed by atoms with van der Waals surface area (Å²) in [5.74, 6) is 1.66. The first kappa shape index (κ1) is 10.9. The largest absolute Gasteiger partial charge is 0.495 e. The minimum atomic E-state index is 0.448. The van der Waals surface area contributed by atoms with E-state index in [1.165, 1.54) is 0 Å². The van der Waals surface area contributed by atoms with Crippen molar-refractivity contribution in [1.82, 2.24) is 20.4 Å². The summed E-state index contributed by atoms with van der Waals surface area (Å²) in [4.78, 5) is 0. The fraction of sp³-hybridized carbons (Fsp3) is 0.200. The first-order valence-corrected chi connectivity index (χ1v) is 5.38. The van der Waals surface area contributed by atoms with Crippen molar-refractivity contribution in [1.29, 1.82) is 0 Å². The number of rotatable bonds is 2. The van der Waals surface area contributed by atoms with Crippen LogP contribution in [-0.2, 0) is 0 Å². The summed E-state index contributed by atoms with van der Waals surface area (Å²) in [6, 6.07) is 5.63. The molecule has 0 aliphatic rings. The van der Waals surface area contributed by atoms with Gasteiger partial charge in [0, 0.05) is 0 Å². The third kappa shape index (κ3) is 2.01. The zero-order valence-corrected chi connectivity index (χ0v) is 10.4. The van der Waals surface area contributed by atoms with E-state index in [1.807, 2.05) is 18.2 Å². The van der Waals surface area contributed by atoms with Crippen LogP contribution in [0.2, 0.25) is 0 Å². The molecule has 0 radical (unpaired) electrons. The summed E-state index contributed by atoms with van der Waals surface area (Å²) in [7, 11) is 1.60. The fourth-order valence-electron chi connectivity index (χ4n) is 1.28. The van der Waals surface area contributed by atoms with Crippen LogP contribution >= 0.6 is 15.9 Å². The third-order valence-corrected chi connectivity index (χ3v) is 2.62. The zero-order valence-electron chi connectivity index (χ0n) is 8.81. The van der Waals surface area contributed by atoms with Crippen LogP contribution in [0.4, 0.5) is 0 Å². The van der Waals surface area contributed by atoms with Gasteiger partial charge in [0.2, 0.25) is 5.82 Å². The highest BCUT2D eigenvalue weighted by Gasteiger charge is 2.12. The van der Waals surface area contributed by atoms with Gasteiger partial charge in [0.1, 0.15) is 5.75 Å². The van der Waals surface area contributed by atoms with E-state index in [-0.39, 0.29) is 0 Å². The molecule has 0 saturated heterocycles. The molecule has 0 bridgehead atoms. The lowest BCUT2D eigenvalue weighted by atomic mass is 10.2. The number of nitrogens with zero attached hydrogens (tertiary/aromatic N) is 4. The van der Waals surface area contributed by atoms with Crippen molar-refractivity contribution in [2.24, 2.45) is 0 Å². The van der Waals surface area contributed by atoms with Crippen molar-refractivity contribution in [2.45, 2.75) is 6.92 Å². The van der Waals surface area contributed by atoms with Gasteiger partial charge in [-0.2, -0.15) is 0 Å². The number of methoxy groups -OCH3 is 1. The third-order valence-electron chi connectivity index (χ3n) is 1.99. The molecule has 0 fully saturated rings. The quantitative estimate of drug-likeness (QED) is 0.842. The Bertz CT molecular complexity index is 501. The Morgan fingerprint density at radius 1 is 1.12 bits per heavy atom. The van der Waals surface area contributed by atoms with Gasteiger partial charge in [-0.25, -0.2) is 0 Å². The zero-order chi connectivity index (χ0) is 11.5. The van der Waals surface area contributed by atoms with Crippen molar-refractivity contribution in [2.75, 3.05) is 7.11 Å². The van der Waals surface area contributed by atoms with E-state index in [1.54, 1.807) is 14.0 Å². The van der Waals surface area contributed by atoms with Crippen molar-refractivity contribution in [3.05, 3.63) is 28.5 Å². The lowest BCUT2D eigenvalue weighted by molar-refractivity contribution is 0.413. The van der Waals surface area contributed by atoms with Gasteiger partial charge in [0.05, 0.1) is 17.1 Å². The summed E-state index contributed by atoms with van der Waals surface area (Å²) >= 11 is 3.40. The molecule has 0 saturated carbocycles. The van der Waals surface area contributed by atoms with Gasteiger partial charge in [-0.05, 0) is 35.0 Å². The average molecular weight is 281 g/mol. The van der Waals surface area contributed by atoms with E-state index in [9.17, 15) is 0 Å². The molecule has 0 amide bonds. The number of benzene rings is 1. The maximum absolute atomic E-state index is 5.28. The Morgan fingerprint density at radius 2 is 1.81 bits per heavy atom. The number of aromatic nitrogens is 4. The normalized spacial score (nSPS) is 10.2. The van der Waals surface area contributed by atoms with E-state index >= 15 is 0 Å². The minimum Gasteiger partial charge on any atom is -0.495 e. The molecule has 6 heteroatoms. The van der Waals surface area contributed by atoms with Crippen molar-refractivity contribution < 1.29 is 4.74 Å². The van der Waals surface area contributed by atoms with Crippen LogP contribution < -0.4 is 4.74 Å². The number of halogens is 1. The number of aryl methyl sites for hydroxylation is 1. The SMILES string of the molecule is COc1c(Br)cccc1-c1nnc(C)nn1. The predicted octanol–water partition coefficient (Wildman–Crippen LogP) is 2.01. The number of hydrogen-bond acceptors (Lipinski definition) is 5. The molecule has 0 spiro atoms. The molecule has 5 nitrogen and oxygen atoms in total. The summed E-state index contributed by atoms with van der Waals surface area (Å²) in [5.41, 5.74) is 0.761. The topological polar surface area (TPSA) is 60.8 Å². The van der Waals surface area contributed by atoms with E-state index in [0.717, 1.165) is 10.0 Å². The molecule has 0 unspecified atom stereocenters. The molecule has 1 heterocycles. The lowest BCUT2D eigenvalue weighted by Crippen LogP contribution is -2.00. The van der Waals surface area contributed by atoms with Gasteiger partial charge >= 0.3 is 0 Å². The van der Waals surface area contributed by atoms with Crippen LogP contribution in [0.15, 0.2) is 22.7 Å². The van der Waals surface area contributed by atoms with Gasteiger partial charge in [-0.1, -0.05) is 6.07 Å². The molecule has 0 N–H and O–H groups in total. The van der Waals surface area contributed by atoms with Gasteiger partial charge in [0.25, 0.3) is 0 Å². The van der Waals surface area contributed by atoms with Gasteiger partial charge in [0.15, 0.2) is 5.82 Å². The smallest absolute Gasteiger partial charge is 0.207 e. The van der Waals surface area contributed by atoms with Crippen LogP contribution in [0.3, 0.4) is 0 Å². The van der Waals surface area contributed by atoms with Crippen molar-refractivity contribution in [3.8, 4) is 17.1 Å². The number of para-hydroxylation sites is 1. The first-order chi connectivity index (χ1) is 7.72.